The summed E-state index contributed by atoms with van der Waals surface area (Å²) >= 11 is 0. The molecule has 0 unspecified atom stereocenters. The lowest BCUT2D eigenvalue weighted by Gasteiger charge is -2.35. The van der Waals surface area contributed by atoms with Crippen molar-refractivity contribution >= 4 is 66.7 Å². The van der Waals surface area contributed by atoms with Crippen molar-refractivity contribution in [2.45, 2.75) is 96.9 Å². The van der Waals surface area contributed by atoms with E-state index in [4.69, 9.17) is 9.47 Å². The van der Waals surface area contributed by atoms with E-state index in [9.17, 15) is 19.2 Å². The van der Waals surface area contributed by atoms with Gasteiger partial charge < -0.3 is 9.47 Å². The number of rotatable bonds is 15. The summed E-state index contributed by atoms with van der Waals surface area (Å²) in [4.78, 5) is 60.6. The lowest BCUT2D eigenvalue weighted by atomic mass is 9.82. The van der Waals surface area contributed by atoms with Crippen molar-refractivity contribution in [1.29, 1.82) is 0 Å². The SMILES string of the molecule is CCCCCCC(CCCCCC)N1C(=O)c2ccc3c4ccc5c6c(ccc(c7ccc(c2c37)C1=O)c64)C(=O)N(Cc1ccc(-c2ccc(C3OCCO3)cc2)cc1)C5=O. The molecular formula is C53H50N2O6. The normalized spacial score (nSPS) is 15.7. The Balaban J connectivity index is 0.972. The molecular weight excluding hydrogens is 761 g/mol. The van der Waals surface area contributed by atoms with E-state index in [1.54, 1.807) is 4.90 Å². The Kier molecular flexibility index (Phi) is 10.4. The molecule has 0 N–H and O–H groups in total. The van der Waals surface area contributed by atoms with Gasteiger partial charge >= 0.3 is 0 Å². The zero-order valence-corrected chi connectivity index (χ0v) is 34.9. The molecule has 0 bridgehead atoms. The fourth-order valence-electron chi connectivity index (χ4n) is 10.2. The molecule has 308 valence electrons. The van der Waals surface area contributed by atoms with Gasteiger partial charge in [0.15, 0.2) is 6.29 Å². The van der Waals surface area contributed by atoms with Gasteiger partial charge in [0.05, 0.1) is 19.8 Å². The van der Waals surface area contributed by atoms with Crippen LogP contribution in [-0.4, -0.2) is 52.7 Å². The van der Waals surface area contributed by atoms with E-state index in [1.165, 1.54) is 4.90 Å². The van der Waals surface area contributed by atoms with Crippen LogP contribution < -0.4 is 0 Å². The molecule has 0 spiro atoms. The fourth-order valence-corrected chi connectivity index (χ4v) is 10.2. The van der Waals surface area contributed by atoms with Gasteiger partial charge in [0.2, 0.25) is 0 Å². The Labute approximate surface area is 355 Å². The van der Waals surface area contributed by atoms with Crippen LogP contribution >= 0.6 is 0 Å². The van der Waals surface area contributed by atoms with Crippen LogP contribution in [0.15, 0.2) is 97.1 Å². The topological polar surface area (TPSA) is 93.2 Å². The quantitative estimate of drug-likeness (QED) is 0.0443. The predicted octanol–water partition coefficient (Wildman–Crippen LogP) is 12.2. The van der Waals surface area contributed by atoms with Gasteiger partial charge in [0, 0.05) is 44.6 Å². The van der Waals surface area contributed by atoms with Crippen LogP contribution in [0.4, 0.5) is 0 Å². The lowest BCUT2D eigenvalue weighted by molar-refractivity contribution is -0.0441. The van der Waals surface area contributed by atoms with Crippen molar-refractivity contribution in [3.63, 3.8) is 0 Å². The highest BCUT2D eigenvalue weighted by atomic mass is 16.7. The molecule has 0 radical (unpaired) electrons. The molecule has 61 heavy (non-hydrogen) atoms. The van der Waals surface area contributed by atoms with Crippen LogP contribution in [0, 0.1) is 0 Å². The van der Waals surface area contributed by atoms with Crippen molar-refractivity contribution in [3.8, 4) is 11.1 Å². The van der Waals surface area contributed by atoms with Crippen LogP contribution in [0.25, 0.3) is 54.2 Å². The van der Waals surface area contributed by atoms with Gasteiger partial charge in [-0.2, -0.15) is 0 Å². The third-order valence-corrected chi connectivity index (χ3v) is 13.3. The summed E-state index contributed by atoms with van der Waals surface area (Å²) in [6, 6.07) is 31.3. The zero-order valence-electron chi connectivity index (χ0n) is 34.9. The minimum absolute atomic E-state index is 0.133. The van der Waals surface area contributed by atoms with Crippen LogP contribution in [0.2, 0.25) is 0 Å². The largest absolute Gasteiger partial charge is 0.346 e. The third kappa shape index (κ3) is 6.59. The van der Waals surface area contributed by atoms with Crippen LogP contribution in [0.3, 0.4) is 0 Å². The molecule has 7 aromatic carbocycles. The highest BCUT2D eigenvalue weighted by Crippen LogP contribution is 2.47. The molecule has 1 saturated heterocycles. The summed E-state index contributed by atoms with van der Waals surface area (Å²) in [5, 5.41) is 6.65. The monoisotopic (exact) mass is 810 g/mol. The van der Waals surface area contributed by atoms with E-state index < -0.39 is 0 Å². The van der Waals surface area contributed by atoms with Crippen molar-refractivity contribution in [3.05, 3.63) is 130 Å². The van der Waals surface area contributed by atoms with Gasteiger partial charge in [-0.3, -0.25) is 29.0 Å². The van der Waals surface area contributed by atoms with E-state index >= 15 is 0 Å². The number of ether oxygens (including phenoxy) is 2. The number of hydrogen-bond acceptors (Lipinski definition) is 6. The Hall–Kier alpha value is -5.96. The van der Waals surface area contributed by atoms with Gasteiger partial charge in [0.1, 0.15) is 0 Å². The molecule has 3 heterocycles. The first-order chi connectivity index (χ1) is 29.9. The van der Waals surface area contributed by atoms with Crippen molar-refractivity contribution in [2.75, 3.05) is 13.2 Å². The molecule has 4 amide bonds. The smallest absolute Gasteiger partial charge is 0.261 e. The summed E-state index contributed by atoms with van der Waals surface area (Å²) in [5.74, 6) is -1.08. The Morgan fingerprint density at radius 2 is 0.918 bits per heavy atom. The fraction of sp³-hybridized carbons (Fsp3) is 0.321. The molecule has 7 aromatic rings. The molecule has 0 atom stereocenters. The predicted molar refractivity (Wildman–Crippen MR) is 240 cm³/mol. The molecule has 3 aliphatic heterocycles. The Morgan fingerprint density at radius 3 is 1.36 bits per heavy atom. The number of carbonyl (C=O) groups excluding carboxylic acids is 4. The first-order valence-electron chi connectivity index (χ1n) is 22.2. The van der Waals surface area contributed by atoms with Gasteiger partial charge in [-0.25, -0.2) is 0 Å². The van der Waals surface area contributed by atoms with E-state index in [0.717, 1.165) is 119 Å². The summed E-state index contributed by atoms with van der Waals surface area (Å²) in [5.41, 5.74) is 6.00. The molecule has 10 rings (SSSR count). The highest BCUT2D eigenvalue weighted by Gasteiger charge is 2.39. The van der Waals surface area contributed by atoms with Crippen LogP contribution in [0.5, 0.6) is 0 Å². The second-order valence-electron chi connectivity index (χ2n) is 17.1. The molecule has 0 aromatic heterocycles. The van der Waals surface area contributed by atoms with E-state index in [0.29, 0.717) is 46.2 Å². The summed E-state index contributed by atoms with van der Waals surface area (Å²) < 4.78 is 11.3. The summed E-state index contributed by atoms with van der Waals surface area (Å²) in [6.45, 7) is 5.72. The molecule has 8 heteroatoms. The van der Waals surface area contributed by atoms with Crippen molar-refractivity contribution in [2.24, 2.45) is 0 Å². The number of imide groups is 2. The van der Waals surface area contributed by atoms with Gasteiger partial charge in [-0.15, -0.1) is 0 Å². The standard InChI is InChI=1S/C53H50N2O6/c1-3-5-7-9-11-36(12-10-8-6-4-2)55-51(58)43-27-23-39-37-21-25-41-47-42(26-22-38(45(37)47)40-24-28-44(52(55)59)48(43)46(39)40)50(57)54(49(41)56)31-32-13-15-33(16-14-32)34-17-19-35(20-18-34)53-60-29-30-61-53/h13-28,36,53H,3-12,29-31H2,1-2H3. The maximum atomic E-state index is 14.5. The molecule has 3 aliphatic rings. The number of fused-ring (bicyclic) bond motifs is 2. The first kappa shape index (κ1) is 39.2. The lowest BCUT2D eigenvalue weighted by Crippen LogP contribution is -2.47. The Bertz CT molecular complexity index is 2720. The van der Waals surface area contributed by atoms with Gasteiger partial charge in [-0.05, 0) is 86.1 Å². The van der Waals surface area contributed by atoms with E-state index in [-0.39, 0.29) is 42.5 Å². The molecule has 8 nitrogen and oxygen atoms in total. The second kappa shape index (κ2) is 16.1. The van der Waals surface area contributed by atoms with Crippen molar-refractivity contribution in [1.82, 2.24) is 9.80 Å². The van der Waals surface area contributed by atoms with Crippen LogP contribution in [-0.2, 0) is 16.0 Å². The van der Waals surface area contributed by atoms with Gasteiger partial charge in [0.25, 0.3) is 23.6 Å². The molecule has 0 saturated carbocycles. The van der Waals surface area contributed by atoms with E-state index in [2.05, 4.69) is 13.8 Å². The third-order valence-electron chi connectivity index (χ3n) is 13.3. The average Bonchev–Trinajstić information content (AvgIpc) is 3.84. The first-order valence-corrected chi connectivity index (χ1v) is 22.2. The van der Waals surface area contributed by atoms with Gasteiger partial charge in [-0.1, -0.05) is 138 Å². The number of unbranched alkanes of at least 4 members (excludes halogenated alkanes) is 6. The number of nitrogens with zero attached hydrogens (tertiary/aromatic N) is 2. The van der Waals surface area contributed by atoms with Crippen LogP contribution in [0.1, 0.15) is 137 Å². The molecule has 1 fully saturated rings. The number of carbonyl (C=O) groups is 4. The summed E-state index contributed by atoms with van der Waals surface area (Å²) in [6.07, 6.45) is 10.1. The number of hydrogen-bond donors (Lipinski definition) is 0. The molecule has 0 aliphatic carbocycles. The average molecular weight is 811 g/mol. The number of benzene rings is 7. The summed E-state index contributed by atoms with van der Waals surface area (Å²) in [7, 11) is 0. The minimum Gasteiger partial charge on any atom is -0.346 e. The maximum Gasteiger partial charge on any atom is 0.261 e. The van der Waals surface area contributed by atoms with E-state index in [1.807, 2.05) is 97.1 Å². The Morgan fingerprint density at radius 1 is 0.492 bits per heavy atom. The second-order valence-corrected chi connectivity index (χ2v) is 17.1. The maximum absolute atomic E-state index is 14.5. The zero-order chi connectivity index (χ0) is 41.8. The minimum atomic E-state index is -0.330. The number of amides is 4. The van der Waals surface area contributed by atoms with Crippen molar-refractivity contribution < 1.29 is 28.7 Å². The highest BCUT2D eigenvalue weighted by molar-refractivity contribution is 6.41.